The fourth-order valence-electron chi connectivity index (χ4n) is 2.08. The first-order chi connectivity index (χ1) is 11.1. The molecule has 0 aliphatic carbocycles. The number of hydrogen-bond acceptors (Lipinski definition) is 6. The molecular formula is C17H33NO5. The minimum absolute atomic E-state index is 0.0767. The van der Waals surface area contributed by atoms with Crippen LogP contribution in [0.15, 0.2) is 0 Å². The van der Waals surface area contributed by atoms with Gasteiger partial charge in [-0.05, 0) is 32.2 Å². The number of esters is 2. The molecule has 0 unspecified atom stereocenters. The minimum atomic E-state index is -0.187. The summed E-state index contributed by atoms with van der Waals surface area (Å²) in [6.45, 7) is 6.94. The molecule has 0 bridgehead atoms. The van der Waals surface area contributed by atoms with Crippen molar-refractivity contribution in [3.8, 4) is 0 Å². The molecule has 0 amide bonds. The van der Waals surface area contributed by atoms with Crippen LogP contribution in [0.1, 0.15) is 58.8 Å². The highest BCUT2D eigenvalue weighted by atomic mass is 16.5. The third-order valence-electron chi connectivity index (χ3n) is 3.34. The Morgan fingerprint density at radius 1 is 0.826 bits per heavy atom. The number of ether oxygens (including phenoxy) is 2. The Morgan fingerprint density at radius 3 is 2.00 bits per heavy atom. The molecule has 0 fully saturated rings. The minimum Gasteiger partial charge on any atom is -0.466 e. The van der Waals surface area contributed by atoms with Gasteiger partial charge in [-0.2, -0.15) is 0 Å². The predicted molar refractivity (Wildman–Crippen MR) is 89.1 cm³/mol. The molecule has 136 valence electrons. The quantitative estimate of drug-likeness (QED) is 0.366. The molecule has 0 aromatic carbocycles. The Bertz CT molecular complexity index is 309. The SMILES string of the molecule is CCCOC(=O)CCCCCN(CCO)CCC(=O)OCCC. The normalized spacial score (nSPS) is 10.8. The van der Waals surface area contributed by atoms with E-state index in [1.165, 1.54) is 0 Å². The van der Waals surface area contributed by atoms with Gasteiger partial charge in [-0.3, -0.25) is 9.59 Å². The van der Waals surface area contributed by atoms with Gasteiger partial charge in [0, 0.05) is 19.5 Å². The van der Waals surface area contributed by atoms with Crippen molar-refractivity contribution in [2.24, 2.45) is 0 Å². The Balaban J connectivity index is 3.74. The lowest BCUT2D eigenvalue weighted by Crippen LogP contribution is -2.30. The molecule has 0 aliphatic rings. The predicted octanol–water partition coefficient (Wildman–Crippen LogP) is 2.14. The van der Waals surface area contributed by atoms with Gasteiger partial charge >= 0.3 is 11.9 Å². The van der Waals surface area contributed by atoms with Crippen LogP contribution in [0, 0.1) is 0 Å². The molecule has 0 saturated heterocycles. The first kappa shape index (κ1) is 21.9. The summed E-state index contributed by atoms with van der Waals surface area (Å²) >= 11 is 0. The Morgan fingerprint density at radius 2 is 1.43 bits per heavy atom. The summed E-state index contributed by atoms with van der Waals surface area (Å²) in [6.07, 6.45) is 5.17. The van der Waals surface area contributed by atoms with Crippen molar-refractivity contribution in [1.82, 2.24) is 4.90 Å². The summed E-state index contributed by atoms with van der Waals surface area (Å²) in [5.41, 5.74) is 0. The van der Waals surface area contributed by atoms with Crippen LogP contribution in [-0.4, -0.2) is 61.4 Å². The van der Waals surface area contributed by atoms with E-state index in [9.17, 15) is 9.59 Å². The van der Waals surface area contributed by atoms with Crippen LogP contribution in [0.25, 0.3) is 0 Å². The fraction of sp³-hybridized carbons (Fsp3) is 0.882. The number of hydrogen-bond donors (Lipinski definition) is 1. The average Bonchev–Trinajstić information content (AvgIpc) is 2.55. The summed E-state index contributed by atoms with van der Waals surface area (Å²) in [5, 5.41) is 9.08. The first-order valence-electron chi connectivity index (χ1n) is 8.78. The summed E-state index contributed by atoms with van der Waals surface area (Å²) < 4.78 is 10.1. The number of unbranched alkanes of at least 4 members (excludes halogenated alkanes) is 2. The van der Waals surface area contributed by atoms with E-state index in [-0.39, 0.29) is 18.5 Å². The van der Waals surface area contributed by atoms with Crippen molar-refractivity contribution in [3.05, 3.63) is 0 Å². The highest BCUT2D eigenvalue weighted by Gasteiger charge is 2.09. The second-order valence-corrected chi connectivity index (χ2v) is 5.57. The molecule has 0 aliphatic heterocycles. The molecule has 0 heterocycles. The molecule has 6 heteroatoms. The van der Waals surface area contributed by atoms with Crippen LogP contribution < -0.4 is 0 Å². The number of carbonyl (C=O) groups excluding carboxylic acids is 2. The highest BCUT2D eigenvalue weighted by Crippen LogP contribution is 2.04. The second-order valence-electron chi connectivity index (χ2n) is 5.57. The van der Waals surface area contributed by atoms with Gasteiger partial charge in [-0.25, -0.2) is 0 Å². The number of aliphatic hydroxyl groups excluding tert-OH is 1. The third kappa shape index (κ3) is 14.2. The number of nitrogens with zero attached hydrogens (tertiary/aromatic N) is 1. The molecule has 0 atom stereocenters. The summed E-state index contributed by atoms with van der Waals surface area (Å²) in [6, 6.07) is 0. The molecule has 23 heavy (non-hydrogen) atoms. The van der Waals surface area contributed by atoms with E-state index in [4.69, 9.17) is 14.6 Å². The molecule has 0 spiro atoms. The Labute approximate surface area is 140 Å². The van der Waals surface area contributed by atoms with E-state index in [2.05, 4.69) is 4.90 Å². The van der Waals surface area contributed by atoms with Gasteiger partial charge in [0.2, 0.25) is 0 Å². The lowest BCUT2D eigenvalue weighted by atomic mass is 10.2. The highest BCUT2D eigenvalue weighted by molar-refractivity contribution is 5.69. The maximum Gasteiger partial charge on any atom is 0.307 e. The summed E-state index contributed by atoms with van der Waals surface area (Å²) in [5.74, 6) is -0.314. The zero-order chi connectivity index (χ0) is 17.3. The molecule has 0 aromatic heterocycles. The van der Waals surface area contributed by atoms with Crippen molar-refractivity contribution >= 4 is 11.9 Å². The molecule has 0 rings (SSSR count). The molecule has 0 radical (unpaired) electrons. The smallest absolute Gasteiger partial charge is 0.307 e. The lowest BCUT2D eigenvalue weighted by Gasteiger charge is -2.20. The molecular weight excluding hydrogens is 298 g/mol. The summed E-state index contributed by atoms with van der Waals surface area (Å²) in [7, 11) is 0. The largest absolute Gasteiger partial charge is 0.466 e. The first-order valence-corrected chi connectivity index (χ1v) is 8.78. The van der Waals surface area contributed by atoms with Crippen molar-refractivity contribution in [2.75, 3.05) is 39.5 Å². The van der Waals surface area contributed by atoms with E-state index >= 15 is 0 Å². The molecule has 1 N–H and O–H groups in total. The van der Waals surface area contributed by atoms with Crippen molar-refractivity contribution in [1.29, 1.82) is 0 Å². The van der Waals surface area contributed by atoms with Crippen molar-refractivity contribution in [3.63, 3.8) is 0 Å². The molecule has 6 nitrogen and oxygen atoms in total. The van der Waals surface area contributed by atoms with E-state index in [1.807, 2.05) is 13.8 Å². The van der Waals surface area contributed by atoms with Crippen LogP contribution in [0.5, 0.6) is 0 Å². The maximum atomic E-state index is 11.5. The third-order valence-corrected chi connectivity index (χ3v) is 3.34. The van der Waals surface area contributed by atoms with Crippen LogP contribution >= 0.6 is 0 Å². The summed E-state index contributed by atoms with van der Waals surface area (Å²) in [4.78, 5) is 24.9. The van der Waals surface area contributed by atoms with Gasteiger partial charge < -0.3 is 19.5 Å². The fourth-order valence-corrected chi connectivity index (χ4v) is 2.08. The van der Waals surface area contributed by atoms with Crippen molar-refractivity contribution < 1.29 is 24.2 Å². The van der Waals surface area contributed by atoms with Gasteiger partial charge in [-0.1, -0.05) is 20.3 Å². The van der Waals surface area contributed by atoms with Gasteiger partial charge in [0.1, 0.15) is 0 Å². The Hall–Kier alpha value is -1.14. The lowest BCUT2D eigenvalue weighted by molar-refractivity contribution is -0.145. The van der Waals surface area contributed by atoms with E-state index < -0.39 is 0 Å². The zero-order valence-corrected chi connectivity index (χ0v) is 14.7. The van der Waals surface area contributed by atoms with E-state index in [0.717, 1.165) is 38.6 Å². The second kappa shape index (κ2) is 15.7. The van der Waals surface area contributed by atoms with E-state index in [1.54, 1.807) is 0 Å². The zero-order valence-electron chi connectivity index (χ0n) is 14.7. The van der Waals surface area contributed by atoms with Gasteiger partial charge in [0.25, 0.3) is 0 Å². The standard InChI is InChI=1S/C17H33NO5/c1-3-14-22-16(20)8-6-5-7-10-18(12-13-19)11-9-17(21)23-15-4-2/h19H,3-15H2,1-2H3. The van der Waals surface area contributed by atoms with Crippen LogP contribution in [0.2, 0.25) is 0 Å². The molecule has 0 aromatic rings. The number of rotatable bonds is 15. The molecule has 0 saturated carbocycles. The van der Waals surface area contributed by atoms with Gasteiger partial charge in [0.05, 0.1) is 26.2 Å². The Kier molecular flexibility index (Phi) is 15.0. The van der Waals surface area contributed by atoms with Gasteiger partial charge in [0.15, 0.2) is 0 Å². The van der Waals surface area contributed by atoms with Gasteiger partial charge in [-0.15, -0.1) is 0 Å². The van der Waals surface area contributed by atoms with Crippen molar-refractivity contribution in [2.45, 2.75) is 58.8 Å². The average molecular weight is 331 g/mol. The maximum absolute atomic E-state index is 11.5. The van der Waals surface area contributed by atoms with Crippen LogP contribution in [-0.2, 0) is 19.1 Å². The van der Waals surface area contributed by atoms with E-state index in [0.29, 0.717) is 39.1 Å². The monoisotopic (exact) mass is 331 g/mol. The topological polar surface area (TPSA) is 76.1 Å². The number of aliphatic hydroxyl groups is 1. The van der Waals surface area contributed by atoms with Crippen LogP contribution in [0.3, 0.4) is 0 Å². The number of carbonyl (C=O) groups is 2. The van der Waals surface area contributed by atoms with Crippen LogP contribution in [0.4, 0.5) is 0 Å².